The summed E-state index contributed by atoms with van der Waals surface area (Å²) in [6, 6.07) is 0.920. The van der Waals surface area contributed by atoms with Crippen LogP contribution in [0.1, 0.15) is 6.23 Å². The molecule has 2 heterocycles. The molecule has 1 aromatic rings. The van der Waals surface area contributed by atoms with Crippen molar-refractivity contribution in [2.75, 3.05) is 6.61 Å². The summed E-state index contributed by atoms with van der Waals surface area (Å²) in [6.07, 6.45) is -5.70. The summed E-state index contributed by atoms with van der Waals surface area (Å²) < 4.78 is 50.6. The van der Waals surface area contributed by atoms with Gasteiger partial charge in [-0.15, -0.1) is 0 Å². The summed E-state index contributed by atoms with van der Waals surface area (Å²) in [5.41, 5.74) is -1.74. The van der Waals surface area contributed by atoms with Gasteiger partial charge in [-0.3, -0.25) is 18.9 Å². The van der Waals surface area contributed by atoms with Crippen molar-refractivity contribution in [2.45, 2.75) is 24.5 Å². The molecule has 1 radical (unpaired) electrons. The third-order valence-corrected chi connectivity index (χ3v) is 7.08. The number of H-pyrrole nitrogens is 1. The summed E-state index contributed by atoms with van der Waals surface area (Å²) >= 11 is 0. The molecule has 167 valence electrons. The number of aliphatic hydroxyl groups is 2. The Hall–Kier alpha value is -0.0300. The second-order valence-corrected chi connectivity index (χ2v) is 9.87. The van der Waals surface area contributed by atoms with Crippen molar-refractivity contribution in [2.24, 2.45) is 0 Å². The number of hydrogen-bond acceptors (Lipinski definition) is 11. The maximum absolute atomic E-state index is 11.7. The van der Waals surface area contributed by atoms with Crippen LogP contribution in [0.25, 0.3) is 0 Å². The van der Waals surface area contributed by atoms with Crippen molar-refractivity contribution in [1.29, 1.82) is 0 Å². The van der Waals surface area contributed by atoms with Crippen LogP contribution in [-0.4, -0.2) is 93.8 Å². The standard InChI is InChI=1S/C9H15N2O15P3.Na/c12-5-1-2-11(9(15)10-5)8-7(14)6(13)4(24-8)3-23-28(19,20)26-29(21,22)25-27(16,17)18;/h1-2,4,6-8,13-14H,3H2,(H,19,20)(H,21,22)(H,10,12,15)(H2,16,17,18);/t4-,6-,7-,8-;/m1./s1. The van der Waals surface area contributed by atoms with Crippen molar-refractivity contribution in [3.8, 4) is 0 Å². The molecule has 1 fully saturated rings. The summed E-state index contributed by atoms with van der Waals surface area (Å²) in [5.74, 6) is 0. The second-order valence-electron chi connectivity index (χ2n) is 5.45. The van der Waals surface area contributed by atoms with Crippen LogP contribution in [0.4, 0.5) is 0 Å². The van der Waals surface area contributed by atoms with Gasteiger partial charge in [0.2, 0.25) is 0 Å². The molecule has 0 bridgehead atoms. The first-order valence-electron chi connectivity index (χ1n) is 7.22. The molecule has 1 aliphatic heterocycles. The number of rotatable bonds is 8. The molecule has 7 N–H and O–H groups in total. The molecule has 6 atom stereocenters. The summed E-state index contributed by atoms with van der Waals surface area (Å²) in [6.45, 7) is -1.05. The first-order chi connectivity index (χ1) is 13.1. The Balaban J connectivity index is 0.00000450. The molecule has 30 heavy (non-hydrogen) atoms. The largest absolute Gasteiger partial charge is 0.490 e. The van der Waals surface area contributed by atoms with Crippen molar-refractivity contribution < 1.29 is 61.4 Å². The molecule has 0 aliphatic carbocycles. The van der Waals surface area contributed by atoms with E-state index in [1.54, 1.807) is 0 Å². The molecule has 0 aromatic carbocycles. The molecular weight excluding hydrogens is 492 g/mol. The van der Waals surface area contributed by atoms with Crippen LogP contribution in [0, 0.1) is 0 Å². The van der Waals surface area contributed by atoms with Gasteiger partial charge in [-0.05, 0) is 0 Å². The van der Waals surface area contributed by atoms with Gasteiger partial charge >= 0.3 is 29.2 Å². The van der Waals surface area contributed by atoms with Gasteiger partial charge in [-0.1, -0.05) is 0 Å². The zero-order chi connectivity index (χ0) is 22.2. The molecule has 1 aliphatic rings. The Kier molecular flexibility index (Phi) is 9.59. The molecule has 1 saturated heterocycles. The Morgan fingerprint density at radius 3 is 2.17 bits per heavy atom. The average Bonchev–Trinajstić information content (AvgIpc) is 2.78. The summed E-state index contributed by atoms with van der Waals surface area (Å²) in [7, 11) is -16.8. The SMILES string of the molecule is O=c1ccn([C@@H]2O[C@H](COP(=O)(O)OP(=O)(O)OP(=O)(O)O)[C@@H](O)[C@H]2O)c(=O)[nH]1.[Na]. The Bertz CT molecular complexity index is 1000. The van der Waals surface area contributed by atoms with Crippen LogP contribution in [0.2, 0.25) is 0 Å². The molecule has 0 spiro atoms. The molecule has 2 unspecified atom stereocenters. The van der Waals surface area contributed by atoms with E-state index < -0.39 is 65.9 Å². The zero-order valence-electron chi connectivity index (χ0n) is 14.8. The zero-order valence-corrected chi connectivity index (χ0v) is 19.5. The molecule has 0 amide bonds. The molecule has 1 aromatic heterocycles. The van der Waals surface area contributed by atoms with Gasteiger partial charge in [0.15, 0.2) is 6.23 Å². The van der Waals surface area contributed by atoms with E-state index in [2.05, 4.69) is 13.1 Å². The monoisotopic (exact) mass is 507 g/mol. The third-order valence-electron chi connectivity index (χ3n) is 3.28. The second kappa shape index (κ2) is 10.3. The molecule has 2 rings (SSSR count). The van der Waals surface area contributed by atoms with Crippen molar-refractivity contribution >= 4 is 53.0 Å². The van der Waals surface area contributed by atoms with Crippen molar-refractivity contribution in [3.63, 3.8) is 0 Å². The number of phosphoric ester groups is 1. The van der Waals surface area contributed by atoms with Crippen LogP contribution in [0.5, 0.6) is 0 Å². The van der Waals surface area contributed by atoms with E-state index >= 15 is 0 Å². The minimum absolute atomic E-state index is 0. The van der Waals surface area contributed by atoms with E-state index in [1.807, 2.05) is 4.98 Å². The normalized spacial score (nSPS) is 28.3. The fourth-order valence-corrected chi connectivity index (χ4v) is 5.23. The van der Waals surface area contributed by atoms with Gasteiger partial charge in [0, 0.05) is 41.8 Å². The average molecular weight is 507 g/mol. The van der Waals surface area contributed by atoms with Crippen LogP contribution in [0.3, 0.4) is 0 Å². The molecule has 17 nitrogen and oxygen atoms in total. The smallest absolute Gasteiger partial charge is 0.387 e. The molecule has 21 heteroatoms. The first-order valence-corrected chi connectivity index (χ1v) is 11.7. The van der Waals surface area contributed by atoms with Crippen LogP contribution in [-0.2, 0) is 31.6 Å². The quantitative estimate of drug-likeness (QED) is 0.138. The number of aromatic nitrogens is 2. The number of ether oxygens (including phenoxy) is 1. The van der Waals surface area contributed by atoms with E-state index in [0.717, 1.165) is 12.3 Å². The maximum Gasteiger partial charge on any atom is 0.490 e. The van der Waals surface area contributed by atoms with E-state index in [-0.39, 0.29) is 29.6 Å². The number of hydrogen-bond donors (Lipinski definition) is 7. The van der Waals surface area contributed by atoms with E-state index in [0.29, 0.717) is 4.57 Å². The summed E-state index contributed by atoms with van der Waals surface area (Å²) in [5, 5.41) is 19.9. The van der Waals surface area contributed by atoms with Crippen molar-refractivity contribution in [1.82, 2.24) is 9.55 Å². The minimum atomic E-state index is -5.73. The molecular formula is C9H15N2NaO15P3. The van der Waals surface area contributed by atoms with E-state index in [4.69, 9.17) is 19.4 Å². The van der Waals surface area contributed by atoms with Gasteiger partial charge in [-0.25, -0.2) is 18.5 Å². The van der Waals surface area contributed by atoms with Gasteiger partial charge in [0.25, 0.3) is 5.56 Å². The van der Waals surface area contributed by atoms with E-state index in [9.17, 15) is 38.4 Å². The summed E-state index contributed by atoms with van der Waals surface area (Å²) in [4.78, 5) is 59.9. The van der Waals surface area contributed by atoms with Crippen LogP contribution >= 0.6 is 23.5 Å². The maximum atomic E-state index is 11.7. The number of nitrogens with zero attached hydrogens (tertiary/aromatic N) is 1. The Morgan fingerprint density at radius 1 is 1.03 bits per heavy atom. The van der Waals surface area contributed by atoms with Gasteiger partial charge in [0.1, 0.15) is 18.3 Å². The van der Waals surface area contributed by atoms with Crippen LogP contribution < -0.4 is 11.2 Å². The number of phosphoric acid groups is 3. The van der Waals surface area contributed by atoms with Crippen LogP contribution in [0.15, 0.2) is 21.9 Å². The number of aromatic amines is 1. The van der Waals surface area contributed by atoms with Crippen molar-refractivity contribution in [3.05, 3.63) is 33.1 Å². The Labute approximate surface area is 188 Å². The molecule has 0 saturated carbocycles. The van der Waals surface area contributed by atoms with Gasteiger partial charge < -0.3 is 34.5 Å². The topological polar surface area (TPSA) is 264 Å². The number of aliphatic hydroxyl groups excluding tert-OH is 2. The Morgan fingerprint density at radius 2 is 1.63 bits per heavy atom. The van der Waals surface area contributed by atoms with Gasteiger partial charge in [0.05, 0.1) is 6.61 Å². The first kappa shape index (κ1) is 28.0. The predicted molar refractivity (Wildman–Crippen MR) is 92.8 cm³/mol. The number of nitrogens with one attached hydrogen (secondary N) is 1. The van der Waals surface area contributed by atoms with E-state index in [1.165, 1.54) is 0 Å². The predicted octanol–water partition coefficient (Wildman–Crippen LogP) is -2.88. The fraction of sp³-hybridized carbons (Fsp3) is 0.556. The van der Waals surface area contributed by atoms with Gasteiger partial charge in [-0.2, -0.15) is 8.62 Å². The third kappa shape index (κ3) is 7.83. The fourth-order valence-electron chi connectivity index (χ4n) is 2.20. The minimum Gasteiger partial charge on any atom is -0.387 e.